The van der Waals surface area contributed by atoms with Crippen molar-refractivity contribution < 1.29 is 0 Å². The fraction of sp³-hybridized carbons (Fsp3) is 0. The Kier molecular flexibility index (Phi) is 5.20. The highest BCUT2D eigenvalue weighted by atomic mass is 14.9. The third-order valence-electron chi connectivity index (χ3n) is 8.54. The molecular weight excluding hydrogens is 522 g/mol. The van der Waals surface area contributed by atoms with Crippen molar-refractivity contribution in [3.05, 3.63) is 152 Å². The molecule has 3 heterocycles. The maximum Gasteiger partial charge on any atom is 0.160 e. The molecule has 0 radical (unpaired) electrons. The summed E-state index contributed by atoms with van der Waals surface area (Å²) < 4.78 is 2.42. The average molecular weight is 548 g/mol. The molecule has 9 aromatic rings. The van der Waals surface area contributed by atoms with Crippen LogP contribution < -0.4 is 0 Å². The first-order valence-corrected chi connectivity index (χ1v) is 14.6. The van der Waals surface area contributed by atoms with Crippen molar-refractivity contribution >= 4 is 38.1 Å². The Balaban J connectivity index is 1.28. The van der Waals surface area contributed by atoms with E-state index in [0.29, 0.717) is 0 Å². The Bertz CT molecular complexity index is 2440. The maximum absolute atomic E-state index is 5.13. The summed E-state index contributed by atoms with van der Waals surface area (Å²) in [7, 11) is 0. The molecule has 0 spiro atoms. The van der Waals surface area contributed by atoms with Crippen LogP contribution in [0.15, 0.2) is 152 Å². The lowest BCUT2D eigenvalue weighted by Crippen LogP contribution is -1.96. The van der Waals surface area contributed by atoms with Gasteiger partial charge in [-0.05, 0) is 35.4 Å². The van der Waals surface area contributed by atoms with E-state index in [1.807, 2.05) is 24.3 Å². The Hall–Kier alpha value is -5.80. The van der Waals surface area contributed by atoms with Gasteiger partial charge in [-0.2, -0.15) is 0 Å². The lowest BCUT2D eigenvalue weighted by molar-refractivity contribution is 1.18. The van der Waals surface area contributed by atoms with Gasteiger partial charge in [0.15, 0.2) is 5.82 Å². The largest absolute Gasteiger partial charge is 0.308 e. The van der Waals surface area contributed by atoms with Gasteiger partial charge in [-0.25, -0.2) is 9.97 Å². The summed E-state index contributed by atoms with van der Waals surface area (Å²) in [6, 6.07) is 53.6. The molecule has 0 saturated heterocycles. The molecule has 0 saturated carbocycles. The summed E-state index contributed by atoms with van der Waals surface area (Å²) in [4.78, 5) is 10.2. The zero-order valence-corrected chi connectivity index (χ0v) is 23.3. The lowest BCUT2D eigenvalue weighted by Gasteiger charge is -2.11. The van der Waals surface area contributed by atoms with E-state index in [1.165, 1.54) is 49.2 Å². The van der Waals surface area contributed by atoms with Gasteiger partial charge in [0.2, 0.25) is 0 Å². The summed E-state index contributed by atoms with van der Waals surface area (Å²) in [5, 5.41) is 5.11. The monoisotopic (exact) mass is 547 g/mol. The zero-order valence-electron chi connectivity index (χ0n) is 23.3. The standard InChI is InChI=1S/C40H25N3/c1-3-11-26(12-4-1)28-15-9-16-29(23-28)35-25-36(42-40(41-35)27-13-5-2-6-14-27)30-21-22-32-34-19-10-18-33-31-17-7-8-20-37(31)43(39(33)34)38(32)24-30/h1-25H. The van der Waals surface area contributed by atoms with Crippen LogP contribution in [0.25, 0.3) is 83.1 Å². The number of hydrogen-bond donors (Lipinski definition) is 0. The van der Waals surface area contributed by atoms with Crippen LogP contribution in [0.1, 0.15) is 0 Å². The number of fused-ring (bicyclic) bond motifs is 6. The highest BCUT2D eigenvalue weighted by Gasteiger charge is 2.18. The molecule has 0 unspecified atom stereocenters. The van der Waals surface area contributed by atoms with E-state index in [0.717, 1.165) is 33.9 Å². The highest BCUT2D eigenvalue weighted by Crippen LogP contribution is 2.40. The van der Waals surface area contributed by atoms with E-state index in [1.54, 1.807) is 0 Å². The van der Waals surface area contributed by atoms with Gasteiger partial charge in [-0.15, -0.1) is 0 Å². The Morgan fingerprint density at radius 3 is 1.67 bits per heavy atom. The zero-order chi connectivity index (χ0) is 28.3. The van der Waals surface area contributed by atoms with Crippen LogP contribution in [-0.4, -0.2) is 14.4 Å². The van der Waals surface area contributed by atoms with Crippen LogP contribution in [0.3, 0.4) is 0 Å². The van der Waals surface area contributed by atoms with E-state index in [4.69, 9.17) is 9.97 Å². The first-order chi connectivity index (χ1) is 21.3. The van der Waals surface area contributed by atoms with Crippen LogP contribution >= 0.6 is 0 Å². The molecule has 0 aliphatic rings. The second kappa shape index (κ2) is 9.37. The summed E-state index contributed by atoms with van der Waals surface area (Å²) >= 11 is 0. The molecule has 0 N–H and O–H groups in total. The Labute approximate surface area is 248 Å². The second-order valence-corrected chi connectivity index (χ2v) is 11.1. The minimum atomic E-state index is 0.718. The molecule has 0 fully saturated rings. The van der Waals surface area contributed by atoms with Gasteiger partial charge in [0.1, 0.15) is 0 Å². The number of nitrogens with zero attached hydrogens (tertiary/aromatic N) is 3. The molecule has 0 atom stereocenters. The van der Waals surface area contributed by atoms with Crippen LogP contribution in [0, 0.1) is 0 Å². The van der Waals surface area contributed by atoms with Gasteiger partial charge in [0.05, 0.1) is 27.9 Å². The van der Waals surface area contributed by atoms with Crippen LogP contribution in [0.4, 0.5) is 0 Å². The number of aromatic nitrogens is 3. The summed E-state index contributed by atoms with van der Waals surface area (Å²) in [5.41, 5.74) is 11.0. The van der Waals surface area contributed by atoms with E-state index in [2.05, 4.69) is 132 Å². The molecular formula is C40H25N3. The van der Waals surface area contributed by atoms with Crippen molar-refractivity contribution in [1.82, 2.24) is 14.4 Å². The highest BCUT2D eigenvalue weighted by molar-refractivity contribution is 6.23. The van der Waals surface area contributed by atoms with E-state index < -0.39 is 0 Å². The molecule has 200 valence electrons. The van der Waals surface area contributed by atoms with Crippen LogP contribution in [0.5, 0.6) is 0 Å². The SMILES string of the molecule is c1ccc(-c2cccc(-c3cc(-c4ccc5c6cccc7c8ccccc8n(c5c4)c76)nc(-c4ccccc4)n3)c2)cc1. The molecule has 3 heteroatoms. The van der Waals surface area contributed by atoms with Crippen molar-refractivity contribution in [3.63, 3.8) is 0 Å². The molecule has 9 rings (SSSR count). The second-order valence-electron chi connectivity index (χ2n) is 11.1. The predicted molar refractivity (Wildman–Crippen MR) is 178 cm³/mol. The summed E-state index contributed by atoms with van der Waals surface area (Å²) in [6.45, 7) is 0. The number of rotatable bonds is 4. The van der Waals surface area contributed by atoms with Crippen molar-refractivity contribution in [1.29, 1.82) is 0 Å². The van der Waals surface area contributed by atoms with Gasteiger partial charge in [-0.3, -0.25) is 0 Å². The molecule has 3 nitrogen and oxygen atoms in total. The first kappa shape index (κ1) is 23.9. The van der Waals surface area contributed by atoms with Gasteiger partial charge in [0.25, 0.3) is 0 Å². The molecule has 0 bridgehead atoms. The van der Waals surface area contributed by atoms with Gasteiger partial charge in [-0.1, -0.05) is 127 Å². The minimum absolute atomic E-state index is 0.718. The summed E-state index contributed by atoms with van der Waals surface area (Å²) in [5.74, 6) is 0.718. The van der Waals surface area contributed by atoms with Gasteiger partial charge < -0.3 is 4.40 Å². The number of para-hydroxylation sites is 2. The van der Waals surface area contributed by atoms with Crippen molar-refractivity contribution in [2.45, 2.75) is 0 Å². The fourth-order valence-electron chi connectivity index (χ4n) is 6.54. The molecule has 0 aliphatic carbocycles. The smallest absolute Gasteiger partial charge is 0.160 e. The number of hydrogen-bond acceptors (Lipinski definition) is 2. The third kappa shape index (κ3) is 3.75. The Morgan fingerprint density at radius 2 is 0.907 bits per heavy atom. The van der Waals surface area contributed by atoms with E-state index in [-0.39, 0.29) is 0 Å². The molecule has 3 aromatic heterocycles. The molecule has 43 heavy (non-hydrogen) atoms. The minimum Gasteiger partial charge on any atom is -0.308 e. The molecule has 0 aliphatic heterocycles. The quantitative estimate of drug-likeness (QED) is 0.219. The lowest BCUT2D eigenvalue weighted by atomic mass is 10.0. The van der Waals surface area contributed by atoms with Gasteiger partial charge >= 0.3 is 0 Å². The number of benzene rings is 6. The third-order valence-corrected chi connectivity index (χ3v) is 8.54. The van der Waals surface area contributed by atoms with Crippen molar-refractivity contribution in [2.75, 3.05) is 0 Å². The van der Waals surface area contributed by atoms with E-state index >= 15 is 0 Å². The van der Waals surface area contributed by atoms with E-state index in [9.17, 15) is 0 Å². The molecule has 6 aromatic carbocycles. The fourth-order valence-corrected chi connectivity index (χ4v) is 6.54. The van der Waals surface area contributed by atoms with Crippen molar-refractivity contribution in [3.8, 4) is 45.0 Å². The van der Waals surface area contributed by atoms with Crippen molar-refractivity contribution in [2.24, 2.45) is 0 Å². The normalized spacial score (nSPS) is 11.7. The predicted octanol–water partition coefficient (Wildman–Crippen LogP) is 10.3. The first-order valence-electron chi connectivity index (χ1n) is 14.6. The average Bonchev–Trinajstić information content (AvgIpc) is 3.61. The topological polar surface area (TPSA) is 30.2 Å². The molecule has 0 amide bonds. The van der Waals surface area contributed by atoms with Crippen LogP contribution in [0.2, 0.25) is 0 Å². The Morgan fingerprint density at radius 1 is 0.349 bits per heavy atom. The van der Waals surface area contributed by atoms with Crippen LogP contribution in [-0.2, 0) is 0 Å². The van der Waals surface area contributed by atoms with Gasteiger partial charge in [0, 0.05) is 38.2 Å². The summed E-state index contributed by atoms with van der Waals surface area (Å²) in [6.07, 6.45) is 0. The maximum atomic E-state index is 5.13.